The second-order valence-electron chi connectivity index (χ2n) is 3.97. The third-order valence-electron chi connectivity index (χ3n) is 2.68. The molecule has 0 aromatic carbocycles. The lowest BCUT2D eigenvalue weighted by atomic mass is 10.1. The Morgan fingerprint density at radius 2 is 2.32 bits per heavy atom. The fourth-order valence-corrected chi connectivity index (χ4v) is 1.72. The maximum Gasteiger partial charge on any atom is 0.305 e. The first-order valence-electron chi connectivity index (χ1n) is 5.73. The molecule has 1 atom stereocenters. The zero-order chi connectivity index (χ0) is 13.8. The highest BCUT2D eigenvalue weighted by Crippen LogP contribution is 2.21. The highest BCUT2D eigenvalue weighted by Gasteiger charge is 2.20. The van der Waals surface area contributed by atoms with Crippen LogP contribution in [0.5, 0.6) is 0 Å². The lowest BCUT2D eigenvalue weighted by Crippen LogP contribution is -2.16. The smallest absolute Gasteiger partial charge is 0.305 e. The van der Waals surface area contributed by atoms with E-state index in [2.05, 4.69) is 20.5 Å². The molecule has 1 N–H and O–H groups in total. The molecule has 2 heterocycles. The van der Waals surface area contributed by atoms with E-state index in [1.54, 1.807) is 0 Å². The summed E-state index contributed by atoms with van der Waals surface area (Å²) in [7, 11) is 0. The van der Waals surface area contributed by atoms with E-state index in [0.29, 0.717) is 17.9 Å². The number of carboxylic acid groups (broad SMARTS) is 1. The van der Waals surface area contributed by atoms with Crippen molar-refractivity contribution >= 4 is 5.97 Å². The van der Waals surface area contributed by atoms with E-state index < -0.39 is 11.8 Å². The molecule has 1 unspecified atom stereocenters. The number of carboxylic acids is 1. The van der Waals surface area contributed by atoms with Gasteiger partial charge in [-0.3, -0.25) is 4.79 Å². The average Bonchev–Trinajstić information content (AvgIpc) is 2.85. The Balaban J connectivity index is 2.35. The van der Waals surface area contributed by atoms with E-state index in [1.165, 1.54) is 16.8 Å². The number of aromatic nitrogens is 5. The summed E-state index contributed by atoms with van der Waals surface area (Å²) < 4.78 is 14.2. The summed E-state index contributed by atoms with van der Waals surface area (Å²) >= 11 is 0. The van der Waals surface area contributed by atoms with E-state index in [9.17, 15) is 9.18 Å². The van der Waals surface area contributed by atoms with Gasteiger partial charge >= 0.3 is 5.97 Å². The van der Waals surface area contributed by atoms with E-state index in [4.69, 9.17) is 5.11 Å². The molecule has 7 nitrogen and oxygen atoms in total. The highest BCUT2D eigenvalue weighted by atomic mass is 19.1. The van der Waals surface area contributed by atoms with Crippen LogP contribution < -0.4 is 0 Å². The molecule has 2 aromatic rings. The minimum atomic E-state index is -0.930. The number of aliphatic carboxylic acids is 1. The lowest BCUT2D eigenvalue weighted by Gasteiger charge is -2.13. The van der Waals surface area contributed by atoms with Gasteiger partial charge in [0, 0.05) is 0 Å². The fraction of sp³-hybridized carbons (Fsp3) is 0.364. The largest absolute Gasteiger partial charge is 0.481 e. The first kappa shape index (κ1) is 13.1. The highest BCUT2D eigenvalue weighted by molar-refractivity contribution is 5.67. The van der Waals surface area contributed by atoms with Crippen molar-refractivity contribution in [3.8, 4) is 11.5 Å². The number of hydrogen-bond donors (Lipinski definition) is 1. The topological polar surface area (TPSA) is 93.8 Å². The molecule has 0 spiro atoms. The van der Waals surface area contributed by atoms with Gasteiger partial charge in [0.05, 0.1) is 18.7 Å². The average molecular weight is 265 g/mol. The van der Waals surface area contributed by atoms with Gasteiger partial charge in [0.2, 0.25) is 5.82 Å². The predicted octanol–water partition coefficient (Wildman–Crippen LogP) is 1.30. The van der Waals surface area contributed by atoms with Crippen molar-refractivity contribution < 1.29 is 14.3 Å². The Kier molecular flexibility index (Phi) is 3.79. The van der Waals surface area contributed by atoms with Gasteiger partial charge in [-0.05, 0) is 29.0 Å². The summed E-state index contributed by atoms with van der Waals surface area (Å²) in [5.41, 5.74) is 0.398. The third-order valence-corrected chi connectivity index (χ3v) is 2.68. The van der Waals surface area contributed by atoms with Crippen molar-refractivity contribution in [2.24, 2.45) is 0 Å². The zero-order valence-corrected chi connectivity index (χ0v) is 10.2. The molecule has 100 valence electrons. The van der Waals surface area contributed by atoms with Crippen LogP contribution in [-0.4, -0.2) is 36.3 Å². The molecule has 0 aliphatic rings. The van der Waals surface area contributed by atoms with Gasteiger partial charge in [0.1, 0.15) is 11.5 Å². The van der Waals surface area contributed by atoms with Gasteiger partial charge in [0.25, 0.3) is 0 Å². The number of nitrogens with zero attached hydrogens (tertiary/aromatic N) is 5. The van der Waals surface area contributed by atoms with Crippen LogP contribution in [0.15, 0.2) is 18.3 Å². The van der Waals surface area contributed by atoms with Gasteiger partial charge in [-0.25, -0.2) is 14.1 Å². The Hall–Kier alpha value is -2.38. The summed E-state index contributed by atoms with van der Waals surface area (Å²) in [6.45, 7) is 1.84. The van der Waals surface area contributed by atoms with Gasteiger partial charge < -0.3 is 5.11 Å². The standard InChI is InChI=1S/C11H12FN5O2/c1-2-8(5-10(18)19)17-11(14-15-16-17)9-4-3-7(12)6-13-9/h3-4,6,8H,2,5H2,1H3,(H,18,19). The number of carbonyl (C=O) groups is 1. The molecule has 2 rings (SSSR count). The predicted molar refractivity (Wildman–Crippen MR) is 62.6 cm³/mol. The van der Waals surface area contributed by atoms with Crippen molar-refractivity contribution in [3.63, 3.8) is 0 Å². The van der Waals surface area contributed by atoms with Crippen LogP contribution in [0.25, 0.3) is 11.5 Å². The van der Waals surface area contributed by atoms with Crippen LogP contribution in [0.3, 0.4) is 0 Å². The van der Waals surface area contributed by atoms with Crippen LogP contribution in [0.2, 0.25) is 0 Å². The van der Waals surface area contributed by atoms with Crippen LogP contribution in [-0.2, 0) is 4.79 Å². The molecule has 0 aliphatic carbocycles. The molecule has 19 heavy (non-hydrogen) atoms. The van der Waals surface area contributed by atoms with Crippen molar-refractivity contribution in [2.45, 2.75) is 25.8 Å². The summed E-state index contributed by atoms with van der Waals surface area (Å²) in [6.07, 6.45) is 1.54. The molecule has 0 radical (unpaired) electrons. The van der Waals surface area contributed by atoms with Crippen LogP contribution >= 0.6 is 0 Å². The van der Waals surface area contributed by atoms with Crippen molar-refractivity contribution in [1.29, 1.82) is 0 Å². The minimum absolute atomic E-state index is 0.0876. The minimum Gasteiger partial charge on any atom is -0.481 e. The quantitative estimate of drug-likeness (QED) is 0.875. The maximum atomic E-state index is 12.8. The Labute approximate surface area is 108 Å². The van der Waals surface area contributed by atoms with E-state index in [-0.39, 0.29) is 12.5 Å². The second kappa shape index (κ2) is 5.51. The number of halogens is 1. The summed E-state index contributed by atoms with van der Waals surface area (Å²) in [5.74, 6) is -1.06. The molecule has 0 fully saturated rings. The van der Waals surface area contributed by atoms with Crippen molar-refractivity contribution in [2.75, 3.05) is 0 Å². The summed E-state index contributed by atoms with van der Waals surface area (Å²) in [4.78, 5) is 14.7. The number of rotatable bonds is 5. The SMILES string of the molecule is CCC(CC(=O)O)n1nnnc1-c1ccc(F)cn1. The summed E-state index contributed by atoms with van der Waals surface area (Å²) in [6, 6.07) is 2.33. The van der Waals surface area contributed by atoms with E-state index in [0.717, 1.165) is 6.20 Å². The van der Waals surface area contributed by atoms with Gasteiger partial charge in [-0.15, -0.1) is 5.10 Å². The number of pyridine rings is 1. The maximum absolute atomic E-state index is 12.8. The van der Waals surface area contributed by atoms with Crippen molar-refractivity contribution in [1.82, 2.24) is 25.2 Å². The Bertz CT molecular complexity index is 569. The Morgan fingerprint density at radius 3 is 2.89 bits per heavy atom. The first-order valence-corrected chi connectivity index (χ1v) is 5.73. The molecule has 8 heteroatoms. The lowest BCUT2D eigenvalue weighted by molar-refractivity contribution is -0.138. The Morgan fingerprint density at radius 1 is 1.53 bits per heavy atom. The molecule has 0 aliphatic heterocycles. The zero-order valence-electron chi connectivity index (χ0n) is 10.2. The summed E-state index contributed by atoms with van der Waals surface area (Å²) in [5, 5.41) is 20.0. The monoisotopic (exact) mass is 265 g/mol. The number of hydrogen-bond acceptors (Lipinski definition) is 5. The third kappa shape index (κ3) is 2.90. The molecule has 0 bridgehead atoms. The molecule has 2 aromatic heterocycles. The van der Waals surface area contributed by atoms with Crippen LogP contribution in [0.4, 0.5) is 4.39 Å². The molecule has 0 saturated carbocycles. The fourth-order valence-electron chi connectivity index (χ4n) is 1.72. The molecule has 0 amide bonds. The van der Waals surface area contributed by atoms with Gasteiger partial charge in [-0.1, -0.05) is 6.92 Å². The van der Waals surface area contributed by atoms with Crippen LogP contribution in [0.1, 0.15) is 25.8 Å². The second-order valence-corrected chi connectivity index (χ2v) is 3.97. The van der Waals surface area contributed by atoms with E-state index in [1.807, 2.05) is 6.92 Å². The molecule has 0 saturated heterocycles. The molecular formula is C11H12FN5O2. The number of tetrazole rings is 1. The van der Waals surface area contributed by atoms with Gasteiger partial charge in [0.15, 0.2) is 0 Å². The van der Waals surface area contributed by atoms with Crippen LogP contribution in [0, 0.1) is 5.82 Å². The van der Waals surface area contributed by atoms with Crippen molar-refractivity contribution in [3.05, 3.63) is 24.1 Å². The first-order chi connectivity index (χ1) is 9.11. The van der Waals surface area contributed by atoms with Gasteiger partial charge in [-0.2, -0.15) is 0 Å². The normalized spacial score (nSPS) is 12.3. The van der Waals surface area contributed by atoms with E-state index >= 15 is 0 Å². The molecular weight excluding hydrogens is 253 g/mol.